The SMILES string of the molecule is Cc1ccc(S[C@@H]2[C@@H]([N+](=O)[O-])[C@@H]3OC(c4ccccc4)OC[C@H]3O[C@H]2Sc2ccc(C)cc2)cc1. The van der Waals surface area contributed by atoms with E-state index in [1.54, 1.807) is 0 Å². The molecule has 8 heteroatoms. The van der Waals surface area contributed by atoms with Gasteiger partial charge < -0.3 is 14.2 Å². The highest BCUT2D eigenvalue weighted by Crippen LogP contribution is 2.45. The van der Waals surface area contributed by atoms with Crippen LogP contribution in [0.1, 0.15) is 23.0 Å². The van der Waals surface area contributed by atoms with Crippen molar-refractivity contribution in [1.82, 2.24) is 0 Å². The van der Waals surface area contributed by atoms with E-state index >= 15 is 0 Å². The maximum absolute atomic E-state index is 12.6. The number of ether oxygens (including phenoxy) is 3. The highest BCUT2D eigenvalue weighted by molar-refractivity contribution is 8.03. The first kappa shape index (κ1) is 24.3. The predicted octanol–water partition coefficient (Wildman–Crippen LogP) is 6.04. The maximum Gasteiger partial charge on any atom is 0.257 e. The Kier molecular flexibility index (Phi) is 7.45. The number of nitrogens with zero attached hydrogens (tertiary/aromatic N) is 1. The third-order valence-electron chi connectivity index (χ3n) is 6.19. The normalized spacial score (nSPS) is 28.3. The third-order valence-corrected chi connectivity index (χ3v) is 8.89. The molecule has 2 heterocycles. The van der Waals surface area contributed by atoms with Gasteiger partial charge in [-0.15, -0.1) is 11.8 Å². The van der Waals surface area contributed by atoms with Gasteiger partial charge in [-0.25, -0.2) is 0 Å². The highest BCUT2D eigenvalue weighted by atomic mass is 32.2. The van der Waals surface area contributed by atoms with Crippen LogP contribution in [0.2, 0.25) is 0 Å². The zero-order chi connectivity index (χ0) is 24.4. The number of thioether (sulfide) groups is 2. The Balaban J connectivity index is 1.46. The lowest BCUT2D eigenvalue weighted by Gasteiger charge is -2.45. The smallest absolute Gasteiger partial charge is 0.257 e. The summed E-state index contributed by atoms with van der Waals surface area (Å²) < 4.78 is 18.7. The fourth-order valence-electron chi connectivity index (χ4n) is 4.33. The molecule has 2 aliphatic heterocycles. The van der Waals surface area contributed by atoms with Gasteiger partial charge >= 0.3 is 0 Å². The number of hydrogen-bond acceptors (Lipinski definition) is 7. The molecule has 0 aromatic heterocycles. The molecule has 182 valence electrons. The Hall–Kier alpha value is -2.36. The fraction of sp³-hybridized carbons (Fsp3) is 0.333. The van der Waals surface area contributed by atoms with Crippen molar-refractivity contribution in [3.05, 3.63) is 106 Å². The van der Waals surface area contributed by atoms with Gasteiger partial charge in [-0.05, 0) is 38.1 Å². The van der Waals surface area contributed by atoms with Crippen LogP contribution in [0.3, 0.4) is 0 Å². The van der Waals surface area contributed by atoms with Crippen LogP contribution in [-0.2, 0) is 14.2 Å². The molecule has 35 heavy (non-hydrogen) atoms. The van der Waals surface area contributed by atoms with Crippen molar-refractivity contribution < 1.29 is 19.1 Å². The minimum absolute atomic E-state index is 0.192. The number of rotatable bonds is 6. The average molecular weight is 510 g/mol. The molecule has 2 fully saturated rings. The second kappa shape index (κ2) is 10.7. The Bertz CT molecular complexity index is 1140. The highest BCUT2D eigenvalue weighted by Gasteiger charge is 2.56. The zero-order valence-corrected chi connectivity index (χ0v) is 21.1. The van der Waals surface area contributed by atoms with E-state index < -0.39 is 35.2 Å². The van der Waals surface area contributed by atoms with Gasteiger partial charge in [0, 0.05) is 20.3 Å². The molecule has 6 nitrogen and oxygen atoms in total. The van der Waals surface area contributed by atoms with Crippen molar-refractivity contribution in [2.24, 2.45) is 0 Å². The van der Waals surface area contributed by atoms with Gasteiger partial charge in [0.15, 0.2) is 12.4 Å². The summed E-state index contributed by atoms with van der Waals surface area (Å²) in [6, 6.07) is 24.8. The van der Waals surface area contributed by atoms with E-state index in [1.807, 2.05) is 92.7 Å². The molecular formula is C27H27NO5S2. The zero-order valence-electron chi connectivity index (χ0n) is 19.5. The summed E-state index contributed by atoms with van der Waals surface area (Å²) in [5.41, 5.74) is 2.70. The summed E-state index contributed by atoms with van der Waals surface area (Å²) in [6.07, 6.45) is -1.90. The topological polar surface area (TPSA) is 70.8 Å². The van der Waals surface area contributed by atoms with E-state index in [0.717, 1.165) is 26.5 Å². The molecule has 0 bridgehead atoms. The first-order valence-corrected chi connectivity index (χ1v) is 13.3. The molecule has 5 rings (SSSR count). The van der Waals surface area contributed by atoms with Crippen molar-refractivity contribution >= 4 is 23.5 Å². The first-order chi connectivity index (χ1) is 17.0. The third kappa shape index (κ3) is 5.57. The molecule has 0 aliphatic carbocycles. The lowest BCUT2D eigenvalue weighted by molar-refractivity contribution is -0.551. The van der Waals surface area contributed by atoms with Crippen molar-refractivity contribution in [1.29, 1.82) is 0 Å². The van der Waals surface area contributed by atoms with Crippen molar-refractivity contribution in [2.75, 3.05) is 6.61 Å². The Labute approximate surface area is 213 Å². The summed E-state index contributed by atoms with van der Waals surface area (Å²) in [5.74, 6) is 0. The van der Waals surface area contributed by atoms with Gasteiger partial charge in [-0.1, -0.05) is 77.5 Å². The molecule has 1 unspecified atom stereocenters. The molecule has 3 aromatic rings. The van der Waals surface area contributed by atoms with Crippen LogP contribution in [-0.4, -0.2) is 40.5 Å². The molecule has 0 spiro atoms. The summed E-state index contributed by atoms with van der Waals surface area (Å²) in [6.45, 7) is 4.30. The van der Waals surface area contributed by atoms with Gasteiger partial charge in [0.2, 0.25) is 0 Å². The maximum atomic E-state index is 12.6. The second-order valence-corrected chi connectivity index (χ2v) is 11.2. The standard InChI is InChI=1S/C27H27NO5S2/c1-17-8-12-20(13-9-17)34-25-23(28(29)30)24-22(16-31-26(33-24)19-6-4-3-5-7-19)32-27(25)35-21-14-10-18(2)11-15-21/h3-15,22-27H,16H2,1-2H3/t22-,23+,24-,25-,26?,27+/m1/s1. The number of nitro groups is 1. The fourth-order valence-corrected chi connectivity index (χ4v) is 6.90. The van der Waals surface area contributed by atoms with Gasteiger partial charge in [-0.2, -0.15) is 0 Å². The van der Waals surface area contributed by atoms with Crippen LogP contribution in [0.5, 0.6) is 0 Å². The largest absolute Gasteiger partial charge is 0.357 e. The summed E-state index contributed by atoms with van der Waals surface area (Å²) in [5, 5.41) is 12.1. The van der Waals surface area contributed by atoms with Gasteiger partial charge in [0.25, 0.3) is 6.04 Å². The predicted molar refractivity (Wildman–Crippen MR) is 137 cm³/mol. The molecule has 2 aliphatic rings. The van der Waals surface area contributed by atoms with Crippen LogP contribution < -0.4 is 0 Å². The van der Waals surface area contributed by atoms with Gasteiger partial charge in [0.05, 0.1) is 6.61 Å². The lowest BCUT2D eigenvalue weighted by Crippen LogP contribution is -2.62. The summed E-state index contributed by atoms with van der Waals surface area (Å²) in [7, 11) is 0. The van der Waals surface area contributed by atoms with Crippen molar-refractivity contribution in [3.8, 4) is 0 Å². The number of benzene rings is 3. The van der Waals surface area contributed by atoms with Crippen LogP contribution >= 0.6 is 23.5 Å². The van der Waals surface area contributed by atoms with Crippen LogP contribution in [0.4, 0.5) is 0 Å². The van der Waals surface area contributed by atoms with E-state index in [9.17, 15) is 10.1 Å². The average Bonchev–Trinajstić information content (AvgIpc) is 2.87. The molecule has 3 aromatic carbocycles. The minimum Gasteiger partial charge on any atom is -0.357 e. The van der Waals surface area contributed by atoms with E-state index in [4.69, 9.17) is 14.2 Å². The Morgan fingerprint density at radius 1 is 0.829 bits per heavy atom. The number of fused-ring (bicyclic) bond motifs is 1. The van der Waals surface area contributed by atoms with E-state index in [1.165, 1.54) is 23.5 Å². The van der Waals surface area contributed by atoms with Crippen LogP contribution in [0.15, 0.2) is 88.7 Å². The van der Waals surface area contributed by atoms with Crippen LogP contribution in [0, 0.1) is 24.0 Å². The molecule has 0 amide bonds. The van der Waals surface area contributed by atoms with Crippen molar-refractivity contribution in [2.45, 2.75) is 58.9 Å². The van der Waals surface area contributed by atoms with Crippen molar-refractivity contribution in [3.63, 3.8) is 0 Å². The van der Waals surface area contributed by atoms with E-state index in [-0.39, 0.29) is 11.5 Å². The second-order valence-electron chi connectivity index (χ2n) is 8.82. The monoisotopic (exact) mass is 509 g/mol. The lowest BCUT2D eigenvalue weighted by atomic mass is 9.98. The first-order valence-electron chi connectivity index (χ1n) is 11.6. The molecular weight excluding hydrogens is 482 g/mol. The minimum atomic E-state index is -0.960. The quantitative estimate of drug-likeness (QED) is 0.296. The Morgan fingerprint density at radius 3 is 2.03 bits per heavy atom. The molecule has 0 N–H and O–H groups in total. The molecule has 6 atom stereocenters. The molecule has 0 saturated carbocycles. The van der Waals surface area contributed by atoms with Crippen LogP contribution in [0.25, 0.3) is 0 Å². The number of aryl methyl sites for hydroxylation is 2. The summed E-state index contributed by atoms with van der Waals surface area (Å²) in [4.78, 5) is 14.3. The van der Waals surface area contributed by atoms with E-state index in [0.29, 0.717) is 0 Å². The van der Waals surface area contributed by atoms with Gasteiger partial charge in [0.1, 0.15) is 16.8 Å². The number of hydrogen-bond donors (Lipinski definition) is 0. The van der Waals surface area contributed by atoms with Gasteiger partial charge in [-0.3, -0.25) is 10.1 Å². The summed E-state index contributed by atoms with van der Waals surface area (Å²) >= 11 is 3.00. The molecule has 2 saturated heterocycles. The van der Waals surface area contributed by atoms with E-state index in [2.05, 4.69) is 0 Å². The molecule has 0 radical (unpaired) electrons. The Morgan fingerprint density at radius 2 is 1.43 bits per heavy atom.